The van der Waals surface area contributed by atoms with Crippen molar-refractivity contribution < 1.29 is 0 Å². The van der Waals surface area contributed by atoms with Crippen molar-refractivity contribution in [3.05, 3.63) is 23.8 Å². The van der Waals surface area contributed by atoms with Gasteiger partial charge in [0.1, 0.15) is 0 Å². The van der Waals surface area contributed by atoms with Crippen LogP contribution in [0.1, 0.15) is 18.9 Å². The molecular weight excluding hydrogens is 204 g/mol. The summed E-state index contributed by atoms with van der Waals surface area (Å²) in [5.41, 5.74) is 8.94. The zero-order chi connectivity index (χ0) is 11.3. The summed E-state index contributed by atoms with van der Waals surface area (Å²) in [6, 6.07) is 6.51. The van der Waals surface area contributed by atoms with Crippen LogP contribution in [0.2, 0.25) is 0 Å². The fraction of sp³-hybridized carbons (Fsp3) is 0.500. The highest BCUT2D eigenvalue weighted by atomic mass is 32.2. The molecule has 1 unspecified atom stereocenters. The van der Waals surface area contributed by atoms with Crippen LogP contribution in [0.3, 0.4) is 0 Å². The Kier molecular flexibility index (Phi) is 4.82. The van der Waals surface area contributed by atoms with Gasteiger partial charge >= 0.3 is 0 Å². The third kappa shape index (κ3) is 4.04. The number of benzene rings is 1. The largest absolute Gasteiger partial charge is 0.399 e. The van der Waals surface area contributed by atoms with Gasteiger partial charge < -0.3 is 11.1 Å². The van der Waals surface area contributed by atoms with Gasteiger partial charge in [0.2, 0.25) is 0 Å². The Hall–Kier alpha value is -0.830. The van der Waals surface area contributed by atoms with Crippen LogP contribution < -0.4 is 11.1 Å². The minimum absolute atomic E-state index is 0.514. The highest BCUT2D eigenvalue weighted by molar-refractivity contribution is 7.98. The first-order valence-corrected chi connectivity index (χ1v) is 6.64. The lowest BCUT2D eigenvalue weighted by atomic mass is 10.1. The summed E-state index contributed by atoms with van der Waals surface area (Å²) in [6.07, 6.45) is 3.33. The predicted molar refractivity (Wildman–Crippen MR) is 71.7 cm³/mol. The topological polar surface area (TPSA) is 38.0 Å². The second kappa shape index (κ2) is 5.91. The van der Waals surface area contributed by atoms with E-state index in [9.17, 15) is 0 Å². The first-order valence-electron chi connectivity index (χ1n) is 5.25. The number of nitrogens with one attached hydrogen (secondary N) is 1. The Morgan fingerprint density at radius 2 is 2.20 bits per heavy atom. The average molecular weight is 224 g/mol. The molecule has 3 N–H and O–H groups in total. The van der Waals surface area contributed by atoms with Crippen LogP contribution in [0, 0.1) is 6.92 Å². The average Bonchev–Trinajstić information content (AvgIpc) is 2.19. The number of nitrogens with two attached hydrogens (primary N) is 1. The second-order valence-corrected chi connectivity index (χ2v) is 4.89. The number of rotatable bonds is 5. The summed E-state index contributed by atoms with van der Waals surface area (Å²) < 4.78 is 0. The van der Waals surface area contributed by atoms with E-state index < -0.39 is 0 Å². The van der Waals surface area contributed by atoms with Gasteiger partial charge in [-0.05, 0) is 56.0 Å². The molecule has 0 saturated carbocycles. The third-order valence-corrected chi connectivity index (χ3v) is 3.05. The summed E-state index contributed by atoms with van der Waals surface area (Å²) in [5.74, 6) is 1.20. The summed E-state index contributed by atoms with van der Waals surface area (Å²) in [4.78, 5) is 0. The molecule has 0 radical (unpaired) electrons. The number of anilines is 2. The van der Waals surface area contributed by atoms with Crippen molar-refractivity contribution in [2.75, 3.05) is 23.1 Å². The van der Waals surface area contributed by atoms with Gasteiger partial charge in [0.15, 0.2) is 0 Å². The number of hydrogen-bond acceptors (Lipinski definition) is 3. The van der Waals surface area contributed by atoms with E-state index in [1.165, 1.54) is 23.4 Å². The van der Waals surface area contributed by atoms with Gasteiger partial charge in [-0.25, -0.2) is 0 Å². The molecule has 0 heterocycles. The van der Waals surface area contributed by atoms with Crippen molar-refractivity contribution in [1.29, 1.82) is 0 Å². The van der Waals surface area contributed by atoms with E-state index in [4.69, 9.17) is 5.73 Å². The standard InChI is InChI=1S/C12H20N2S/c1-9-8-11(13)4-5-12(9)14-10(2)6-7-15-3/h4-5,8,10,14H,6-7,13H2,1-3H3. The van der Waals surface area contributed by atoms with Gasteiger partial charge in [0.05, 0.1) is 0 Å². The van der Waals surface area contributed by atoms with Crippen molar-refractivity contribution in [2.24, 2.45) is 0 Å². The summed E-state index contributed by atoms with van der Waals surface area (Å²) in [6.45, 7) is 4.30. The van der Waals surface area contributed by atoms with E-state index in [-0.39, 0.29) is 0 Å². The third-order valence-electron chi connectivity index (χ3n) is 2.41. The quantitative estimate of drug-likeness (QED) is 0.755. The monoisotopic (exact) mass is 224 g/mol. The summed E-state index contributed by atoms with van der Waals surface area (Å²) in [7, 11) is 0. The lowest BCUT2D eigenvalue weighted by Crippen LogP contribution is -2.16. The second-order valence-electron chi connectivity index (χ2n) is 3.90. The Bertz CT molecular complexity index is 312. The molecule has 0 aliphatic carbocycles. The Labute approximate surface area is 96.6 Å². The van der Waals surface area contributed by atoms with E-state index in [2.05, 4.69) is 31.5 Å². The lowest BCUT2D eigenvalue weighted by Gasteiger charge is -2.16. The van der Waals surface area contributed by atoms with Crippen LogP contribution in [0.5, 0.6) is 0 Å². The Morgan fingerprint density at radius 1 is 1.47 bits per heavy atom. The number of hydrogen-bond donors (Lipinski definition) is 2. The minimum Gasteiger partial charge on any atom is -0.399 e. The molecule has 15 heavy (non-hydrogen) atoms. The molecule has 1 aromatic rings. The van der Waals surface area contributed by atoms with Crippen LogP contribution >= 0.6 is 11.8 Å². The van der Waals surface area contributed by atoms with Crippen molar-refractivity contribution in [3.63, 3.8) is 0 Å². The molecule has 2 nitrogen and oxygen atoms in total. The molecule has 0 bridgehead atoms. The van der Waals surface area contributed by atoms with Crippen LogP contribution in [-0.2, 0) is 0 Å². The molecule has 1 atom stereocenters. The highest BCUT2D eigenvalue weighted by Gasteiger charge is 2.03. The fourth-order valence-corrected chi connectivity index (χ4v) is 2.07. The zero-order valence-corrected chi connectivity index (χ0v) is 10.5. The zero-order valence-electron chi connectivity index (χ0n) is 9.71. The van der Waals surface area contributed by atoms with Crippen LogP contribution in [-0.4, -0.2) is 18.1 Å². The van der Waals surface area contributed by atoms with Crippen LogP contribution in [0.15, 0.2) is 18.2 Å². The van der Waals surface area contributed by atoms with Crippen molar-refractivity contribution in [1.82, 2.24) is 0 Å². The summed E-state index contributed by atoms with van der Waals surface area (Å²) in [5, 5.41) is 3.50. The lowest BCUT2D eigenvalue weighted by molar-refractivity contribution is 0.771. The van der Waals surface area contributed by atoms with Crippen molar-refractivity contribution in [3.8, 4) is 0 Å². The van der Waals surface area contributed by atoms with Gasteiger partial charge in [0.25, 0.3) is 0 Å². The van der Waals surface area contributed by atoms with E-state index in [1.807, 2.05) is 23.9 Å². The number of aryl methyl sites for hydroxylation is 1. The summed E-state index contributed by atoms with van der Waals surface area (Å²) >= 11 is 1.89. The SMILES string of the molecule is CSCCC(C)Nc1ccc(N)cc1C. The molecule has 1 aromatic carbocycles. The molecular formula is C12H20N2S. The van der Waals surface area contributed by atoms with Crippen molar-refractivity contribution in [2.45, 2.75) is 26.3 Å². The molecule has 0 aliphatic rings. The van der Waals surface area contributed by atoms with Gasteiger partial charge in [-0.15, -0.1) is 0 Å². The van der Waals surface area contributed by atoms with Crippen LogP contribution in [0.25, 0.3) is 0 Å². The maximum absolute atomic E-state index is 5.71. The molecule has 0 saturated heterocycles. The Morgan fingerprint density at radius 3 is 2.80 bits per heavy atom. The maximum atomic E-state index is 5.71. The van der Waals surface area contributed by atoms with E-state index in [0.29, 0.717) is 6.04 Å². The first-order chi connectivity index (χ1) is 7.13. The minimum atomic E-state index is 0.514. The maximum Gasteiger partial charge on any atom is 0.0373 e. The molecule has 84 valence electrons. The molecule has 0 aromatic heterocycles. The molecule has 0 spiro atoms. The number of thioether (sulfide) groups is 1. The predicted octanol–water partition coefficient (Wildman–Crippen LogP) is 3.13. The normalized spacial score (nSPS) is 12.5. The van der Waals surface area contributed by atoms with Gasteiger partial charge in [0, 0.05) is 17.4 Å². The Balaban J connectivity index is 2.56. The molecule has 0 aliphatic heterocycles. The van der Waals surface area contributed by atoms with Gasteiger partial charge in [-0.2, -0.15) is 11.8 Å². The molecule has 3 heteroatoms. The van der Waals surface area contributed by atoms with E-state index >= 15 is 0 Å². The van der Waals surface area contributed by atoms with E-state index in [0.717, 1.165) is 5.69 Å². The molecule has 1 rings (SSSR count). The van der Waals surface area contributed by atoms with Gasteiger partial charge in [-0.3, -0.25) is 0 Å². The highest BCUT2D eigenvalue weighted by Crippen LogP contribution is 2.19. The van der Waals surface area contributed by atoms with Crippen LogP contribution in [0.4, 0.5) is 11.4 Å². The molecule has 0 amide bonds. The fourth-order valence-electron chi connectivity index (χ4n) is 1.48. The number of nitrogen functional groups attached to an aromatic ring is 1. The smallest absolute Gasteiger partial charge is 0.0373 e. The van der Waals surface area contributed by atoms with E-state index in [1.54, 1.807) is 0 Å². The van der Waals surface area contributed by atoms with Crippen molar-refractivity contribution >= 4 is 23.1 Å². The first kappa shape index (κ1) is 12.2. The van der Waals surface area contributed by atoms with Gasteiger partial charge in [-0.1, -0.05) is 0 Å². The molecule has 0 fully saturated rings.